The summed E-state index contributed by atoms with van der Waals surface area (Å²) in [5, 5.41) is 3.34. The number of nitrogen functional groups attached to an aromatic ring is 1. The third-order valence-electron chi connectivity index (χ3n) is 2.96. The molecule has 0 saturated heterocycles. The minimum atomic E-state index is 0.0902. The van der Waals surface area contributed by atoms with E-state index in [0.29, 0.717) is 18.2 Å². The lowest BCUT2D eigenvalue weighted by atomic mass is 10.1. The number of anilines is 2. The first-order chi connectivity index (χ1) is 8.74. The van der Waals surface area contributed by atoms with Crippen molar-refractivity contribution in [2.45, 2.75) is 13.0 Å². The largest absolute Gasteiger partial charge is 0.485 e. The van der Waals surface area contributed by atoms with E-state index in [1.54, 1.807) is 0 Å². The van der Waals surface area contributed by atoms with Gasteiger partial charge in [0.2, 0.25) is 5.95 Å². The topological polar surface area (TPSA) is 73.1 Å². The zero-order valence-corrected chi connectivity index (χ0v) is 10.1. The van der Waals surface area contributed by atoms with Crippen molar-refractivity contribution in [3.8, 4) is 5.75 Å². The standard InChI is InChI=1S/C13H14N4O/c1-8-11-12(17-13(14)15-8)16-10(7-18-11)9-5-3-2-4-6-9/h2-6,10H,7H2,1H3,(H3,14,15,16,17). The van der Waals surface area contributed by atoms with E-state index < -0.39 is 0 Å². The van der Waals surface area contributed by atoms with Gasteiger partial charge >= 0.3 is 0 Å². The van der Waals surface area contributed by atoms with Crippen LogP contribution in [0.2, 0.25) is 0 Å². The Morgan fingerprint density at radius 3 is 2.83 bits per heavy atom. The number of aromatic nitrogens is 2. The molecule has 0 saturated carbocycles. The fourth-order valence-electron chi connectivity index (χ4n) is 2.09. The Labute approximate surface area is 105 Å². The summed E-state index contributed by atoms with van der Waals surface area (Å²) in [6.07, 6.45) is 0. The zero-order chi connectivity index (χ0) is 12.5. The first-order valence-electron chi connectivity index (χ1n) is 5.82. The van der Waals surface area contributed by atoms with Crippen LogP contribution in [0.4, 0.5) is 11.8 Å². The van der Waals surface area contributed by atoms with Crippen molar-refractivity contribution in [3.05, 3.63) is 41.6 Å². The molecular weight excluding hydrogens is 228 g/mol. The van der Waals surface area contributed by atoms with Gasteiger partial charge in [-0.05, 0) is 12.5 Å². The van der Waals surface area contributed by atoms with E-state index >= 15 is 0 Å². The van der Waals surface area contributed by atoms with Gasteiger partial charge in [0, 0.05) is 0 Å². The van der Waals surface area contributed by atoms with Crippen LogP contribution >= 0.6 is 0 Å². The molecule has 2 heterocycles. The highest BCUT2D eigenvalue weighted by molar-refractivity contribution is 5.57. The number of aryl methyl sites for hydroxylation is 1. The highest BCUT2D eigenvalue weighted by Crippen LogP contribution is 2.34. The SMILES string of the molecule is Cc1nc(N)nc2c1OCC(c1ccccc1)N2. The van der Waals surface area contributed by atoms with Gasteiger partial charge in [-0.3, -0.25) is 0 Å². The molecule has 0 radical (unpaired) electrons. The summed E-state index contributed by atoms with van der Waals surface area (Å²) in [7, 11) is 0. The number of benzene rings is 1. The Hall–Kier alpha value is -2.30. The maximum atomic E-state index is 5.73. The van der Waals surface area contributed by atoms with Gasteiger partial charge in [0.15, 0.2) is 11.6 Å². The van der Waals surface area contributed by atoms with Crippen LogP contribution in [-0.2, 0) is 0 Å². The second-order valence-corrected chi connectivity index (χ2v) is 4.26. The summed E-state index contributed by atoms with van der Waals surface area (Å²) in [6, 6.07) is 10.2. The number of nitrogens with two attached hydrogens (primary N) is 1. The molecule has 1 atom stereocenters. The van der Waals surface area contributed by atoms with Crippen molar-refractivity contribution in [1.29, 1.82) is 0 Å². The van der Waals surface area contributed by atoms with Crippen LogP contribution in [0, 0.1) is 6.92 Å². The fraction of sp³-hybridized carbons (Fsp3) is 0.231. The van der Waals surface area contributed by atoms with Gasteiger partial charge < -0.3 is 15.8 Å². The minimum Gasteiger partial charge on any atom is -0.485 e. The number of rotatable bonds is 1. The molecule has 5 heteroatoms. The fourth-order valence-corrected chi connectivity index (χ4v) is 2.09. The van der Waals surface area contributed by atoms with Gasteiger partial charge in [0.1, 0.15) is 6.61 Å². The Bertz CT molecular complexity index is 571. The maximum Gasteiger partial charge on any atom is 0.222 e. The summed E-state index contributed by atoms with van der Waals surface area (Å²) < 4.78 is 5.73. The van der Waals surface area contributed by atoms with Crippen molar-refractivity contribution in [2.24, 2.45) is 0 Å². The Morgan fingerprint density at radius 1 is 1.28 bits per heavy atom. The number of ether oxygens (including phenoxy) is 1. The summed E-state index contributed by atoms with van der Waals surface area (Å²) in [5.74, 6) is 1.62. The third-order valence-corrected chi connectivity index (χ3v) is 2.96. The molecule has 3 N–H and O–H groups in total. The van der Waals surface area contributed by atoms with Crippen LogP contribution in [0.3, 0.4) is 0 Å². The molecule has 0 fully saturated rings. The van der Waals surface area contributed by atoms with Crippen LogP contribution in [0.15, 0.2) is 30.3 Å². The molecule has 92 valence electrons. The molecule has 0 bridgehead atoms. The van der Waals surface area contributed by atoms with Gasteiger partial charge in [-0.2, -0.15) is 4.98 Å². The third kappa shape index (κ3) is 1.84. The van der Waals surface area contributed by atoms with E-state index in [1.807, 2.05) is 25.1 Å². The number of nitrogens with zero attached hydrogens (tertiary/aromatic N) is 2. The smallest absolute Gasteiger partial charge is 0.222 e. The van der Waals surface area contributed by atoms with Crippen molar-refractivity contribution in [2.75, 3.05) is 17.7 Å². The molecule has 0 amide bonds. The van der Waals surface area contributed by atoms with Gasteiger partial charge in [-0.1, -0.05) is 30.3 Å². The lowest BCUT2D eigenvalue weighted by molar-refractivity contribution is 0.281. The van der Waals surface area contributed by atoms with Gasteiger partial charge in [0.05, 0.1) is 11.7 Å². The summed E-state index contributed by atoms with van der Waals surface area (Å²) in [4.78, 5) is 8.27. The van der Waals surface area contributed by atoms with E-state index in [4.69, 9.17) is 10.5 Å². The molecule has 18 heavy (non-hydrogen) atoms. The molecule has 0 spiro atoms. The Kier molecular flexibility index (Phi) is 2.51. The molecule has 1 aliphatic rings. The van der Waals surface area contributed by atoms with Crippen LogP contribution in [0.1, 0.15) is 17.3 Å². The molecule has 1 aromatic carbocycles. The van der Waals surface area contributed by atoms with Crippen molar-refractivity contribution in [3.63, 3.8) is 0 Å². The van der Waals surface area contributed by atoms with E-state index in [0.717, 1.165) is 11.3 Å². The van der Waals surface area contributed by atoms with E-state index in [9.17, 15) is 0 Å². The number of nitrogens with one attached hydrogen (secondary N) is 1. The van der Waals surface area contributed by atoms with Crippen LogP contribution < -0.4 is 15.8 Å². The van der Waals surface area contributed by atoms with Crippen molar-refractivity contribution >= 4 is 11.8 Å². The predicted molar refractivity (Wildman–Crippen MR) is 69.5 cm³/mol. The van der Waals surface area contributed by atoms with Crippen molar-refractivity contribution < 1.29 is 4.74 Å². The first kappa shape index (κ1) is 10.8. The van der Waals surface area contributed by atoms with Gasteiger partial charge in [0.25, 0.3) is 0 Å². The molecular formula is C13H14N4O. The average molecular weight is 242 g/mol. The quantitative estimate of drug-likeness (QED) is 0.799. The molecule has 1 aromatic heterocycles. The lowest BCUT2D eigenvalue weighted by Gasteiger charge is -2.27. The summed E-state index contributed by atoms with van der Waals surface area (Å²) in [5.41, 5.74) is 7.57. The second-order valence-electron chi connectivity index (χ2n) is 4.26. The van der Waals surface area contributed by atoms with Gasteiger partial charge in [-0.25, -0.2) is 4.98 Å². The van der Waals surface area contributed by atoms with Crippen molar-refractivity contribution in [1.82, 2.24) is 9.97 Å². The van der Waals surface area contributed by atoms with Crippen LogP contribution in [0.25, 0.3) is 0 Å². The Morgan fingerprint density at radius 2 is 2.06 bits per heavy atom. The zero-order valence-electron chi connectivity index (χ0n) is 10.1. The number of hydrogen-bond donors (Lipinski definition) is 2. The predicted octanol–water partition coefficient (Wildman–Crippen LogP) is 1.91. The molecule has 2 aromatic rings. The van der Waals surface area contributed by atoms with E-state index in [1.165, 1.54) is 0 Å². The van der Waals surface area contributed by atoms with Crippen LogP contribution in [0.5, 0.6) is 5.75 Å². The minimum absolute atomic E-state index is 0.0902. The monoisotopic (exact) mass is 242 g/mol. The van der Waals surface area contributed by atoms with Crippen LogP contribution in [-0.4, -0.2) is 16.6 Å². The number of hydrogen-bond acceptors (Lipinski definition) is 5. The average Bonchev–Trinajstić information content (AvgIpc) is 2.39. The van der Waals surface area contributed by atoms with E-state index in [2.05, 4.69) is 27.4 Å². The molecule has 3 rings (SSSR count). The highest BCUT2D eigenvalue weighted by atomic mass is 16.5. The molecule has 1 unspecified atom stereocenters. The van der Waals surface area contributed by atoms with Gasteiger partial charge in [-0.15, -0.1) is 0 Å². The second kappa shape index (κ2) is 4.18. The normalized spacial score (nSPS) is 17.5. The highest BCUT2D eigenvalue weighted by Gasteiger charge is 2.23. The molecule has 0 aliphatic carbocycles. The molecule has 1 aliphatic heterocycles. The first-order valence-corrected chi connectivity index (χ1v) is 5.82. The molecule has 5 nitrogen and oxygen atoms in total. The lowest BCUT2D eigenvalue weighted by Crippen LogP contribution is -2.25. The van der Waals surface area contributed by atoms with E-state index in [-0.39, 0.29) is 12.0 Å². The summed E-state index contributed by atoms with van der Waals surface area (Å²) in [6.45, 7) is 2.42. The Balaban J connectivity index is 1.94. The number of fused-ring (bicyclic) bond motifs is 1. The maximum absolute atomic E-state index is 5.73. The summed E-state index contributed by atoms with van der Waals surface area (Å²) >= 11 is 0.